The van der Waals surface area contributed by atoms with Crippen LogP contribution < -0.4 is 10.4 Å². The Morgan fingerprint density at radius 1 is 1.15 bits per heavy atom. The monoisotopic (exact) mass is 269 g/mol. The summed E-state index contributed by atoms with van der Waals surface area (Å²) < 4.78 is 9.90. The number of allylic oxidation sites excluding steroid dienone is 4. The molecule has 0 aliphatic carbocycles. The molecule has 2 heterocycles. The van der Waals surface area contributed by atoms with E-state index in [-0.39, 0.29) is 0 Å². The van der Waals surface area contributed by atoms with Gasteiger partial charge in [-0.05, 0) is 24.3 Å². The summed E-state index contributed by atoms with van der Waals surface area (Å²) in [5, 5.41) is 0. The molecule has 0 aromatic carbocycles. The highest BCUT2D eigenvalue weighted by atomic mass is 16.5. The fourth-order valence-corrected chi connectivity index (χ4v) is 1.63. The molecule has 1 N–H and O–H groups in total. The molecule has 0 bridgehead atoms. The first-order valence-corrected chi connectivity index (χ1v) is 6.12. The van der Waals surface area contributed by atoms with Gasteiger partial charge in [0.2, 0.25) is 0 Å². The quantitative estimate of drug-likeness (QED) is 0.848. The topological polar surface area (TPSA) is 55.2 Å². The molecule has 2 aromatic rings. The number of ether oxygens (including phenoxy) is 1. The Hall–Kier alpha value is -2.75. The first-order valence-electron chi connectivity index (χ1n) is 6.12. The molecule has 0 fully saturated rings. The Morgan fingerprint density at radius 3 is 2.65 bits per heavy atom. The van der Waals surface area contributed by atoms with Gasteiger partial charge in [-0.2, -0.15) is 0 Å². The fourth-order valence-electron chi connectivity index (χ4n) is 1.63. The number of aromatic nitrogens is 1. The number of methoxy groups -OCH3 is 1. The van der Waals surface area contributed by atoms with Crippen molar-refractivity contribution in [2.75, 3.05) is 7.11 Å². The van der Waals surface area contributed by atoms with E-state index in [2.05, 4.69) is 4.98 Å². The molecule has 4 nitrogen and oxygen atoms in total. The van der Waals surface area contributed by atoms with Gasteiger partial charge in [-0.15, -0.1) is 0 Å². The van der Waals surface area contributed by atoms with Crippen molar-refractivity contribution in [1.29, 1.82) is 0 Å². The van der Waals surface area contributed by atoms with Gasteiger partial charge in [0.15, 0.2) is 0 Å². The normalized spacial score (nSPS) is 11.8. The summed E-state index contributed by atoms with van der Waals surface area (Å²) in [6.07, 6.45) is 14.1. The van der Waals surface area contributed by atoms with Crippen LogP contribution in [0.5, 0.6) is 5.75 Å². The van der Waals surface area contributed by atoms with E-state index < -0.39 is 5.63 Å². The fraction of sp³-hybridized carbons (Fsp3) is 0.0625. The van der Waals surface area contributed by atoms with Crippen LogP contribution in [-0.4, -0.2) is 12.1 Å². The maximum Gasteiger partial charge on any atom is 0.346 e. The third kappa shape index (κ3) is 3.62. The van der Waals surface area contributed by atoms with Gasteiger partial charge in [0.25, 0.3) is 0 Å². The van der Waals surface area contributed by atoms with E-state index in [0.717, 1.165) is 5.69 Å². The van der Waals surface area contributed by atoms with Crippen molar-refractivity contribution >= 4 is 12.2 Å². The molecule has 102 valence electrons. The number of aromatic amines is 1. The zero-order valence-corrected chi connectivity index (χ0v) is 11.1. The third-order valence-corrected chi connectivity index (χ3v) is 2.59. The number of hydrogen-bond acceptors (Lipinski definition) is 3. The van der Waals surface area contributed by atoms with Gasteiger partial charge in [0.1, 0.15) is 11.3 Å². The van der Waals surface area contributed by atoms with E-state index in [1.165, 1.54) is 13.4 Å². The Bertz CT molecular complexity index is 676. The summed E-state index contributed by atoms with van der Waals surface area (Å²) >= 11 is 0. The third-order valence-electron chi connectivity index (χ3n) is 2.59. The molecule has 0 aliphatic rings. The first-order chi connectivity index (χ1) is 9.81. The second-order valence-electron chi connectivity index (χ2n) is 3.92. The lowest BCUT2D eigenvalue weighted by Crippen LogP contribution is -2.04. The molecule has 4 heteroatoms. The second-order valence-corrected chi connectivity index (χ2v) is 3.92. The molecule has 20 heavy (non-hydrogen) atoms. The molecular weight excluding hydrogens is 254 g/mol. The van der Waals surface area contributed by atoms with Crippen LogP contribution in [0.4, 0.5) is 0 Å². The van der Waals surface area contributed by atoms with Gasteiger partial charge in [-0.3, -0.25) is 0 Å². The molecule has 0 atom stereocenters. The van der Waals surface area contributed by atoms with E-state index in [0.29, 0.717) is 11.3 Å². The van der Waals surface area contributed by atoms with Crippen molar-refractivity contribution in [2.24, 2.45) is 0 Å². The molecule has 2 aromatic heterocycles. The van der Waals surface area contributed by atoms with Gasteiger partial charge in [-0.25, -0.2) is 4.79 Å². The maximum atomic E-state index is 11.5. The Balaban J connectivity index is 2.02. The van der Waals surface area contributed by atoms with E-state index in [1.807, 2.05) is 42.6 Å². The molecule has 0 saturated heterocycles. The Labute approximate surface area is 116 Å². The number of rotatable bonds is 5. The predicted octanol–water partition coefficient (Wildman–Crippen LogP) is 3.26. The van der Waals surface area contributed by atoms with Crippen LogP contribution in [0.3, 0.4) is 0 Å². The average Bonchev–Trinajstić information content (AvgIpc) is 2.97. The smallest absolute Gasteiger partial charge is 0.346 e. The standard InChI is InChI=1S/C16H15NO3/c1-19-15-10-12-20-16(18)14(15)9-5-3-2-4-7-13-8-6-11-17-13/h2-12,17H,1H3/b3-2+,7-4+,9-5+. The Kier molecular flexibility index (Phi) is 4.78. The van der Waals surface area contributed by atoms with E-state index in [1.54, 1.807) is 18.2 Å². The molecule has 0 radical (unpaired) electrons. The van der Waals surface area contributed by atoms with Gasteiger partial charge < -0.3 is 14.1 Å². The number of hydrogen-bond donors (Lipinski definition) is 1. The van der Waals surface area contributed by atoms with Crippen LogP contribution in [0.1, 0.15) is 11.3 Å². The second kappa shape index (κ2) is 6.99. The summed E-state index contributed by atoms with van der Waals surface area (Å²) in [6, 6.07) is 5.51. The van der Waals surface area contributed by atoms with Crippen LogP contribution in [0.2, 0.25) is 0 Å². The highest BCUT2D eigenvalue weighted by molar-refractivity contribution is 5.57. The summed E-state index contributed by atoms with van der Waals surface area (Å²) in [7, 11) is 1.51. The molecule has 0 spiro atoms. The van der Waals surface area contributed by atoms with Gasteiger partial charge in [-0.1, -0.05) is 24.3 Å². The SMILES string of the molecule is COc1ccoc(=O)c1/C=C/C=C/C=C/c1ccc[nH]1. The van der Waals surface area contributed by atoms with Crippen LogP contribution in [-0.2, 0) is 0 Å². The van der Waals surface area contributed by atoms with Crippen molar-refractivity contribution < 1.29 is 9.15 Å². The molecule has 0 saturated carbocycles. The largest absolute Gasteiger partial charge is 0.496 e. The number of nitrogens with one attached hydrogen (secondary N) is 1. The first kappa shape index (κ1) is 13.7. The minimum absolute atomic E-state index is 0.396. The molecule has 2 rings (SSSR count). The van der Waals surface area contributed by atoms with Crippen molar-refractivity contribution in [2.45, 2.75) is 0 Å². The van der Waals surface area contributed by atoms with Crippen molar-refractivity contribution in [3.8, 4) is 5.75 Å². The molecular formula is C16H15NO3. The zero-order valence-electron chi connectivity index (χ0n) is 11.1. The van der Waals surface area contributed by atoms with Crippen molar-refractivity contribution in [1.82, 2.24) is 4.98 Å². The molecule has 0 amide bonds. The van der Waals surface area contributed by atoms with Crippen LogP contribution in [0.25, 0.3) is 12.2 Å². The summed E-state index contributed by atoms with van der Waals surface area (Å²) in [5.74, 6) is 0.493. The molecule has 0 aliphatic heterocycles. The average molecular weight is 269 g/mol. The van der Waals surface area contributed by atoms with Crippen LogP contribution >= 0.6 is 0 Å². The number of H-pyrrole nitrogens is 1. The van der Waals surface area contributed by atoms with Gasteiger partial charge >= 0.3 is 5.63 Å². The Morgan fingerprint density at radius 2 is 1.95 bits per heavy atom. The summed E-state index contributed by atoms with van der Waals surface area (Å²) in [5.41, 5.74) is 1.01. The van der Waals surface area contributed by atoms with E-state index >= 15 is 0 Å². The lowest BCUT2D eigenvalue weighted by molar-refractivity contribution is 0.400. The van der Waals surface area contributed by atoms with Crippen LogP contribution in [0, 0.1) is 0 Å². The van der Waals surface area contributed by atoms with E-state index in [9.17, 15) is 4.79 Å². The van der Waals surface area contributed by atoms with Gasteiger partial charge in [0.05, 0.1) is 13.4 Å². The minimum atomic E-state index is -0.420. The minimum Gasteiger partial charge on any atom is -0.496 e. The highest BCUT2D eigenvalue weighted by Gasteiger charge is 2.04. The van der Waals surface area contributed by atoms with Gasteiger partial charge in [0, 0.05) is 18.0 Å². The van der Waals surface area contributed by atoms with Crippen molar-refractivity contribution in [3.05, 3.63) is 76.6 Å². The maximum absolute atomic E-state index is 11.5. The summed E-state index contributed by atoms with van der Waals surface area (Å²) in [6.45, 7) is 0. The van der Waals surface area contributed by atoms with E-state index in [4.69, 9.17) is 9.15 Å². The lowest BCUT2D eigenvalue weighted by atomic mass is 10.2. The molecule has 0 unspecified atom stereocenters. The zero-order chi connectivity index (χ0) is 14.2. The highest BCUT2D eigenvalue weighted by Crippen LogP contribution is 2.14. The van der Waals surface area contributed by atoms with Crippen LogP contribution in [0.15, 0.2) is 64.2 Å². The lowest BCUT2D eigenvalue weighted by Gasteiger charge is -2.00. The van der Waals surface area contributed by atoms with Crippen molar-refractivity contribution in [3.63, 3.8) is 0 Å². The predicted molar refractivity (Wildman–Crippen MR) is 79.5 cm³/mol. The summed E-state index contributed by atoms with van der Waals surface area (Å²) in [4.78, 5) is 14.6.